The van der Waals surface area contributed by atoms with E-state index in [1.165, 1.54) is 0 Å². The molecule has 0 radical (unpaired) electrons. The Morgan fingerprint density at radius 1 is 1.47 bits per heavy atom. The van der Waals surface area contributed by atoms with E-state index in [0.717, 1.165) is 12.8 Å². The highest BCUT2D eigenvalue weighted by atomic mass is 16.5. The summed E-state index contributed by atoms with van der Waals surface area (Å²) < 4.78 is 5.27. The molecule has 0 spiro atoms. The number of hydrogen-bond acceptors (Lipinski definition) is 3. The maximum absolute atomic E-state index is 12.0. The maximum atomic E-state index is 12.0. The fraction of sp³-hybridized carbons (Fsp3) is 0.833. The van der Waals surface area contributed by atoms with Crippen LogP contribution in [-0.2, 0) is 14.3 Å². The van der Waals surface area contributed by atoms with E-state index < -0.39 is 11.6 Å². The zero-order chi connectivity index (χ0) is 12.6. The molecule has 96 valence electrons. The lowest BCUT2D eigenvalue weighted by Crippen LogP contribution is -2.64. The molecule has 1 amide bonds. The summed E-state index contributed by atoms with van der Waals surface area (Å²) >= 11 is 0. The molecule has 0 aromatic heterocycles. The van der Waals surface area contributed by atoms with Crippen molar-refractivity contribution in [2.75, 3.05) is 19.7 Å². The van der Waals surface area contributed by atoms with Crippen LogP contribution < -0.4 is 0 Å². The monoisotopic (exact) mass is 241 g/mol. The fourth-order valence-corrected chi connectivity index (χ4v) is 2.33. The quantitative estimate of drug-likeness (QED) is 0.770. The first-order chi connectivity index (χ1) is 7.91. The lowest BCUT2D eigenvalue weighted by Gasteiger charge is -2.48. The molecule has 1 saturated carbocycles. The minimum Gasteiger partial charge on any atom is -0.480 e. The van der Waals surface area contributed by atoms with Gasteiger partial charge in [0.1, 0.15) is 12.2 Å². The van der Waals surface area contributed by atoms with E-state index in [1.807, 2.05) is 13.8 Å². The Labute approximate surface area is 101 Å². The van der Waals surface area contributed by atoms with E-state index in [2.05, 4.69) is 0 Å². The number of likely N-dealkylation sites (tertiary alicyclic amines) is 1. The van der Waals surface area contributed by atoms with Crippen molar-refractivity contribution in [1.82, 2.24) is 4.90 Å². The second kappa shape index (κ2) is 4.29. The summed E-state index contributed by atoms with van der Waals surface area (Å²) in [5, 5.41) is 8.54. The van der Waals surface area contributed by atoms with E-state index in [0.29, 0.717) is 19.0 Å². The van der Waals surface area contributed by atoms with Crippen LogP contribution in [0.25, 0.3) is 0 Å². The van der Waals surface area contributed by atoms with Crippen LogP contribution in [0.1, 0.15) is 26.7 Å². The molecule has 1 atom stereocenters. The van der Waals surface area contributed by atoms with Crippen molar-refractivity contribution in [2.24, 2.45) is 11.8 Å². The molecule has 17 heavy (non-hydrogen) atoms. The standard InChI is InChI=1S/C12H19NO4/c1-8(9-3-4-9)11(16)13-6-12(2,7-13)17-5-10(14)15/h8-9H,3-7H2,1-2H3,(H,14,15). The highest BCUT2D eigenvalue weighted by Gasteiger charge is 2.45. The topological polar surface area (TPSA) is 66.8 Å². The summed E-state index contributed by atoms with van der Waals surface area (Å²) in [5.41, 5.74) is -0.475. The van der Waals surface area contributed by atoms with Crippen molar-refractivity contribution in [2.45, 2.75) is 32.3 Å². The van der Waals surface area contributed by atoms with Crippen molar-refractivity contribution in [3.05, 3.63) is 0 Å². The predicted molar refractivity (Wildman–Crippen MR) is 60.5 cm³/mol. The summed E-state index contributed by atoms with van der Waals surface area (Å²) in [6.07, 6.45) is 2.32. The first-order valence-electron chi connectivity index (χ1n) is 6.06. The number of carbonyl (C=O) groups is 2. The molecule has 1 N–H and O–H groups in total. The van der Waals surface area contributed by atoms with Gasteiger partial charge in [-0.25, -0.2) is 4.79 Å². The molecule has 2 aliphatic rings. The van der Waals surface area contributed by atoms with E-state index >= 15 is 0 Å². The van der Waals surface area contributed by atoms with Crippen molar-refractivity contribution >= 4 is 11.9 Å². The molecule has 2 fully saturated rings. The average Bonchev–Trinajstić information content (AvgIpc) is 3.04. The second-order valence-electron chi connectivity index (χ2n) is 5.45. The normalized spacial score (nSPS) is 24.0. The molecule has 1 aliphatic carbocycles. The van der Waals surface area contributed by atoms with Crippen LogP contribution in [0.3, 0.4) is 0 Å². The smallest absolute Gasteiger partial charge is 0.329 e. The Bertz CT molecular complexity index is 331. The van der Waals surface area contributed by atoms with Crippen molar-refractivity contribution in [3.8, 4) is 0 Å². The van der Waals surface area contributed by atoms with Crippen LogP contribution in [0.2, 0.25) is 0 Å². The predicted octanol–water partition coefficient (Wildman–Crippen LogP) is 0.735. The summed E-state index contributed by atoms with van der Waals surface area (Å²) in [6, 6.07) is 0. The fourth-order valence-electron chi connectivity index (χ4n) is 2.33. The van der Waals surface area contributed by atoms with Gasteiger partial charge in [0.15, 0.2) is 0 Å². The number of carbonyl (C=O) groups excluding carboxylic acids is 1. The molecule has 1 aliphatic heterocycles. The molecular weight excluding hydrogens is 222 g/mol. The van der Waals surface area contributed by atoms with Gasteiger partial charge in [0.05, 0.1) is 13.1 Å². The van der Waals surface area contributed by atoms with Crippen molar-refractivity contribution in [3.63, 3.8) is 0 Å². The lowest BCUT2D eigenvalue weighted by atomic mass is 9.93. The van der Waals surface area contributed by atoms with Gasteiger partial charge in [-0.2, -0.15) is 0 Å². The first-order valence-corrected chi connectivity index (χ1v) is 6.06. The van der Waals surface area contributed by atoms with Gasteiger partial charge in [-0.1, -0.05) is 6.92 Å². The van der Waals surface area contributed by atoms with Gasteiger partial charge < -0.3 is 14.7 Å². The Hall–Kier alpha value is -1.10. The van der Waals surface area contributed by atoms with E-state index in [9.17, 15) is 9.59 Å². The minimum absolute atomic E-state index is 0.110. The zero-order valence-corrected chi connectivity index (χ0v) is 10.3. The largest absolute Gasteiger partial charge is 0.480 e. The number of amides is 1. The van der Waals surface area contributed by atoms with Crippen LogP contribution >= 0.6 is 0 Å². The summed E-state index contributed by atoms with van der Waals surface area (Å²) in [7, 11) is 0. The third kappa shape index (κ3) is 2.77. The second-order valence-corrected chi connectivity index (χ2v) is 5.45. The van der Waals surface area contributed by atoms with Gasteiger partial charge in [-0.05, 0) is 25.7 Å². The van der Waals surface area contributed by atoms with E-state index in [-0.39, 0.29) is 18.4 Å². The number of aliphatic carboxylic acids is 1. The Kier molecular flexibility index (Phi) is 3.12. The van der Waals surface area contributed by atoms with Crippen LogP contribution in [0, 0.1) is 11.8 Å². The van der Waals surface area contributed by atoms with Crippen molar-refractivity contribution in [1.29, 1.82) is 0 Å². The van der Waals surface area contributed by atoms with Gasteiger partial charge in [-0.15, -0.1) is 0 Å². The molecule has 1 saturated heterocycles. The number of hydrogen-bond donors (Lipinski definition) is 1. The van der Waals surface area contributed by atoms with Crippen LogP contribution in [-0.4, -0.2) is 47.2 Å². The molecule has 0 aromatic rings. The van der Waals surface area contributed by atoms with Crippen LogP contribution in [0.4, 0.5) is 0 Å². The highest BCUT2D eigenvalue weighted by Crippen LogP contribution is 2.38. The minimum atomic E-state index is -0.970. The Balaban J connectivity index is 1.76. The summed E-state index contributed by atoms with van der Waals surface area (Å²) in [4.78, 5) is 24.2. The molecule has 0 bridgehead atoms. The molecule has 1 heterocycles. The number of nitrogens with zero attached hydrogens (tertiary/aromatic N) is 1. The summed E-state index contributed by atoms with van der Waals surface area (Å²) in [5.74, 6) is -0.112. The van der Waals surface area contributed by atoms with E-state index in [4.69, 9.17) is 9.84 Å². The maximum Gasteiger partial charge on any atom is 0.329 e. The van der Waals surface area contributed by atoms with Crippen LogP contribution in [0.5, 0.6) is 0 Å². The van der Waals surface area contributed by atoms with E-state index in [1.54, 1.807) is 4.90 Å². The number of carboxylic acids is 1. The SMILES string of the molecule is CC(C(=O)N1CC(C)(OCC(=O)O)C1)C1CC1. The highest BCUT2D eigenvalue weighted by molar-refractivity contribution is 5.80. The van der Waals surface area contributed by atoms with Gasteiger partial charge in [-0.3, -0.25) is 4.79 Å². The Morgan fingerprint density at radius 3 is 2.53 bits per heavy atom. The van der Waals surface area contributed by atoms with Gasteiger partial charge in [0, 0.05) is 5.92 Å². The van der Waals surface area contributed by atoms with Crippen LogP contribution in [0.15, 0.2) is 0 Å². The van der Waals surface area contributed by atoms with Gasteiger partial charge in [0.2, 0.25) is 5.91 Å². The molecule has 2 rings (SSSR count). The number of ether oxygens (including phenoxy) is 1. The summed E-state index contributed by atoms with van der Waals surface area (Å²) in [6.45, 7) is 4.55. The first kappa shape index (κ1) is 12.4. The lowest BCUT2D eigenvalue weighted by molar-refractivity contribution is -0.175. The third-order valence-electron chi connectivity index (χ3n) is 3.63. The molecular formula is C12H19NO4. The molecule has 1 unspecified atom stereocenters. The van der Waals surface area contributed by atoms with Crippen molar-refractivity contribution < 1.29 is 19.4 Å². The zero-order valence-electron chi connectivity index (χ0n) is 10.3. The molecule has 5 heteroatoms. The van der Waals surface area contributed by atoms with Gasteiger partial charge in [0.25, 0.3) is 0 Å². The number of rotatable bonds is 5. The number of carboxylic acid groups (broad SMARTS) is 1. The molecule has 0 aromatic carbocycles. The molecule has 5 nitrogen and oxygen atoms in total. The Morgan fingerprint density at radius 2 is 2.06 bits per heavy atom. The van der Waals surface area contributed by atoms with Gasteiger partial charge >= 0.3 is 5.97 Å². The third-order valence-corrected chi connectivity index (χ3v) is 3.63. The average molecular weight is 241 g/mol.